The third-order valence-electron chi connectivity index (χ3n) is 2.56. The quantitative estimate of drug-likeness (QED) is 0.794. The molecule has 17 heavy (non-hydrogen) atoms. The van der Waals surface area contributed by atoms with Crippen molar-refractivity contribution in [1.82, 2.24) is 0 Å². The summed E-state index contributed by atoms with van der Waals surface area (Å²) >= 11 is 0. The highest BCUT2D eigenvalue weighted by Gasteiger charge is 2.25. The highest BCUT2D eigenvalue weighted by molar-refractivity contribution is 6.00. The largest absolute Gasteiger partial charge is 0.483 e. The molecule has 5 nitrogen and oxygen atoms in total. The molecule has 0 saturated heterocycles. The number of rotatable bonds is 2. The van der Waals surface area contributed by atoms with E-state index in [-0.39, 0.29) is 11.3 Å². The maximum absolute atomic E-state index is 11.2. The Hall–Kier alpha value is -2.17. The Morgan fingerprint density at radius 1 is 1.41 bits per heavy atom. The van der Waals surface area contributed by atoms with Crippen LogP contribution in [0.25, 0.3) is 6.08 Å². The molecular formula is C12H12N2O3. The number of ether oxygens (including phenoxy) is 1. The van der Waals surface area contributed by atoms with Crippen LogP contribution in [0.1, 0.15) is 29.8 Å². The van der Waals surface area contributed by atoms with E-state index in [1.807, 2.05) is 13.8 Å². The first kappa shape index (κ1) is 11.3. The van der Waals surface area contributed by atoms with Crippen LogP contribution < -0.4 is 10.5 Å². The zero-order valence-corrected chi connectivity index (χ0v) is 9.56. The first-order valence-electron chi connectivity index (χ1n) is 5.13. The number of amides is 1. The second-order valence-electron chi connectivity index (χ2n) is 4.37. The minimum atomic E-state index is -0.680. The van der Waals surface area contributed by atoms with Gasteiger partial charge in [0.1, 0.15) is 17.0 Å². The summed E-state index contributed by atoms with van der Waals surface area (Å²) in [6, 6.07) is 3.07. The Balaban J connectivity index is 2.64. The molecule has 0 radical (unpaired) electrons. The summed E-state index contributed by atoms with van der Waals surface area (Å²) < 4.78 is 5.66. The Morgan fingerprint density at radius 3 is 2.71 bits per heavy atom. The molecule has 0 aromatic heterocycles. The Kier molecular flexibility index (Phi) is 2.46. The number of hydrogen-bond donors (Lipinski definition) is 1. The SMILES string of the molecule is CC1(C)C=Cc2c(ccc(C(N)=O)c2N=O)O1. The lowest BCUT2D eigenvalue weighted by molar-refractivity contribution is 0.100. The summed E-state index contributed by atoms with van der Waals surface area (Å²) in [7, 11) is 0. The molecule has 0 atom stereocenters. The standard InChI is InChI=1S/C12H12N2O3/c1-12(2)6-5-7-9(17-12)4-3-8(11(13)15)10(7)14-16/h3-6H,1-2H3,(H2,13,15). The molecular weight excluding hydrogens is 220 g/mol. The van der Waals surface area contributed by atoms with E-state index in [1.54, 1.807) is 18.2 Å². The van der Waals surface area contributed by atoms with Crippen LogP contribution in [0.4, 0.5) is 5.69 Å². The van der Waals surface area contributed by atoms with Gasteiger partial charge in [-0.05, 0) is 43.3 Å². The van der Waals surface area contributed by atoms with Gasteiger partial charge in [-0.1, -0.05) is 0 Å². The number of benzene rings is 1. The molecule has 2 N–H and O–H groups in total. The van der Waals surface area contributed by atoms with E-state index in [2.05, 4.69) is 5.18 Å². The van der Waals surface area contributed by atoms with Crippen molar-refractivity contribution in [3.05, 3.63) is 34.2 Å². The van der Waals surface area contributed by atoms with Crippen LogP contribution >= 0.6 is 0 Å². The van der Waals surface area contributed by atoms with Gasteiger partial charge in [-0.3, -0.25) is 4.79 Å². The summed E-state index contributed by atoms with van der Waals surface area (Å²) in [6.45, 7) is 3.78. The zero-order chi connectivity index (χ0) is 12.6. The fourth-order valence-corrected chi connectivity index (χ4v) is 1.74. The molecule has 0 fully saturated rings. The van der Waals surface area contributed by atoms with Gasteiger partial charge in [-0.15, -0.1) is 4.91 Å². The molecule has 1 aromatic rings. The second kappa shape index (κ2) is 3.69. The van der Waals surface area contributed by atoms with Crippen molar-refractivity contribution >= 4 is 17.7 Å². The third kappa shape index (κ3) is 1.91. The maximum atomic E-state index is 11.2. The van der Waals surface area contributed by atoms with Crippen LogP contribution in [0.2, 0.25) is 0 Å². The molecule has 1 aliphatic heterocycles. The number of hydrogen-bond acceptors (Lipinski definition) is 4. The maximum Gasteiger partial charge on any atom is 0.251 e. The number of nitroso groups, excluding NO2 is 1. The topological polar surface area (TPSA) is 81.8 Å². The summed E-state index contributed by atoms with van der Waals surface area (Å²) in [5, 5.41) is 2.87. The van der Waals surface area contributed by atoms with E-state index < -0.39 is 11.5 Å². The Morgan fingerprint density at radius 2 is 2.12 bits per heavy atom. The second-order valence-corrected chi connectivity index (χ2v) is 4.37. The van der Waals surface area contributed by atoms with Crippen molar-refractivity contribution in [2.24, 2.45) is 10.9 Å². The first-order chi connectivity index (χ1) is 7.94. The molecule has 0 spiro atoms. The predicted octanol–water partition coefficient (Wildman–Crippen LogP) is 2.37. The smallest absolute Gasteiger partial charge is 0.251 e. The van der Waals surface area contributed by atoms with Gasteiger partial charge >= 0.3 is 0 Å². The molecule has 1 aromatic carbocycles. The van der Waals surface area contributed by atoms with E-state index in [0.717, 1.165) is 0 Å². The van der Waals surface area contributed by atoms with Gasteiger partial charge < -0.3 is 10.5 Å². The molecule has 0 saturated carbocycles. The minimum Gasteiger partial charge on any atom is -0.483 e. The van der Waals surface area contributed by atoms with Crippen molar-refractivity contribution in [3.63, 3.8) is 0 Å². The number of fused-ring (bicyclic) bond motifs is 1. The normalized spacial score (nSPS) is 15.9. The van der Waals surface area contributed by atoms with Gasteiger partial charge in [0, 0.05) is 5.56 Å². The van der Waals surface area contributed by atoms with Gasteiger partial charge in [0.05, 0.1) is 5.56 Å². The van der Waals surface area contributed by atoms with Gasteiger partial charge in [0.25, 0.3) is 5.91 Å². The van der Waals surface area contributed by atoms with Crippen LogP contribution in [0.5, 0.6) is 5.75 Å². The van der Waals surface area contributed by atoms with Crippen LogP contribution in [-0.2, 0) is 0 Å². The number of carbonyl (C=O) groups excluding carboxylic acids is 1. The minimum absolute atomic E-state index is 0.0294. The molecule has 1 aliphatic rings. The van der Waals surface area contributed by atoms with Crippen molar-refractivity contribution in [2.45, 2.75) is 19.4 Å². The lowest BCUT2D eigenvalue weighted by Crippen LogP contribution is -2.27. The molecule has 5 heteroatoms. The van der Waals surface area contributed by atoms with Crippen molar-refractivity contribution < 1.29 is 9.53 Å². The van der Waals surface area contributed by atoms with Gasteiger partial charge in [0.2, 0.25) is 0 Å². The monoisotopic (exact) mass is 232 g/mol. The average molecular weight is 232 g/mol. The summed E-state index contributed by atoms with van der Waals surface area (Å²) in [6.07, 6.45) is 3.52. The van der Waals surface area contributed by atoms with Crippen LogP contribution in [-0.4, -0.2) is 11.5 Å². The molecule has 88 valence electrons. The van der Waals surface area contributed by atoms with Crippen molar-refractivity contribution in [2.75, 3.05) is 0 Å². The van der Waals surface area contributed by atoms with E-state index in [9.17, 15) is 9.70 Å². The highest BCUT2D eigenvalue weighted by Crippen LogP contribution is 2.38. The fraction of sp³-hybridized carbons (Fsp3) is 0.250. The van der Waals surface area contributed by atoms with Crippen LogP contribution in [0.3, 0.4) is 0 Å². The molecule has 0 unspecified atom stereocenters. The Labute approximate surface area is 98.2 Å². The van der Waals surface area contributed by atoms with E-state index >= 15 is 0 Å². The highest BCUT2D eigenvalue weighted by atomic mass is 16.5. The lowest BCUT2D eigenvalue weighted by atomic mass is 9.98. The number of carbonyl (C=O) groups is 1. The number of nitrogens with two attached hydrogens (primary N) is 1. The number of primary amides is 1. The summed E-state index contributed by atoms with van der Waals surface area (Å²) in [5.74, 6) is -0.155. The van der Waals surface area contributed by atoms with E-state index in [0.29, 0.717) is 11.3 Å². The third-order valence-corrected chi connectivity index (χ3v) is 2.56. The van der Waals surface area contributed by atoms with Gasteiger partial charge in [0.15, 0.2) is 0 Å². The fourth-order valence-electron chi connectivity index (χ4n) is 1.74. The molecule has 1 heterocycles. The Bertz CT molecular complexity index is 533. The van der Waals surface area contributed by atoms with E-state index in [4.69, 9.17) is 10.5 Å². The van der Waals surface area contributed by atoms with Gasteiger partial charge in [-0.2, -0.15) is 0 Å². The summed E-state index contributed by atoms with van der Waals surface area (Å²) in [4.78, 5) is 22.0. The average Bonchev–Trinajstić information content (AvgIpc) is 2.25. The lowest BCUT2D eigenvalue weighted by Gasteiger charge is -2.28. The predicted molar refractivity (Wildman–Crippen MR) is 64.2 cm³/mol. The molecule has 2 rings (SSSR count). The van der Waals surface area contributed by atoms with Crippen LogP contribution in [0, 0.1) is 4.91 Å². The van der Waals surface area contributed by atoms with Crippen LogP contribution in [0.15, 0.2) is 23.4 Å². The van der Waals surface area contributed by atoms with Crippen molar-refractivity contribution in [1.29, 1.82) is 0 Å². The number of nitrogens with zero attached hydrogens (tertiary/aromatic N) is 1. The summed E-state index contributed by atoms with van der Waals surface area (Å²) in [5.41, 5.74) is 5.36. The van der Waals surface area contributed by atoms with E-state index in [1.165, 1.54) is 6.07 Å². The van der Waals surface area contributed by atoms with Crippen molar-refractivity contribution in [3.8, 4) is 5.75 Å². The first-order valence-corrected chi connectivity index (χ1v) is 5.13. The molecule has 0 aliphatic carbocycles. The molecule has 1 amide bonds. The van der Waals surface area contributed by atoms with Gasteiger partial charge in [-0.25, -0.2) is 0 Å². The zero-order valence-electron chi connectivity index (χ0n) is 9.56. The molecule has 0 bridgehead atoms.